The Hall–Kier alpha value is -1.05. The zero-order chi connectivity index (χ0) is 9.84. The Morgan fingerprint density at radius 3 is 2.85 bits per heavy atom. The summed E-state index contributed by atoms with van der Waals surface area (Å²) in [6.45, 7) is 0. The minimum Gasteiger partial charge on any atom is -0.495 e. The summed E-state index contributed by atoms with van der Waals surface area (Å²) in [5.41, 5.74) is 6.00. The summed E-state index contributed by atoms with van der Waals surface area (Å²) in [5.74, 6) is 0.563. The molecule has 1 aromatic carbocycles. The number of methoxy groups -OCH3 is 1. The summed E-state index contributed by atoms with van der Waals surface area (Å²) in [6.07, 6.45) is 0. The van der Waals surface area contributed by atoms with E-state index in [-0.39, 0.29) is 0 Å². The molecule has 0 radical (unpaired) electrons. The van der Waals surface area contributed by atoms with Crippen molar-refractivity contribution in [3.8, 4) is 11.2 Å². The van der Waals surface area contributed by atoms with Crippen molar-refractivity contribution in [3.63, 3.8) is 0 Å². The molecule has 0 saturated heterocycles. The predicted octanol–water partition coefficient (Wildman–Crippen LogP) is 2.50. The highest BCUT2D eigenvalue weighted by Crippen LogP contribution is 2.34. The number of nitrogen functional groups attached to an aromatic ring is 1. The first-order valence-corrected chi connectivity index (χ1v) is 4.57. The molecule has 1 aromatic rings. The van der Waals surface area contributed by atoms with E-state index in [9.17, 15) is 0 Å². The molecule has 0 saturated carbocycles. The minimum absolute atomic E-state index is 0.429. The van der Waals surface area contributed by atoms with Crippen molar-refractivity contribution in [2.45, 2.75) is 4.90 Å². The molecule has 0 aromatic heterocycles. The van der Waals surface area contributed by atoms with Crippen molar-refractivity contribution in [3.05, 3.63) is 17.2 Å². The number of ether oxygens (including phenoxy) is 1. The van der Waals surface area contributed by atoms with Gasteiger partial charge >= 0.3 is 0 Å². The summed E-state index contributed by atoms with van der Waals surface area (Å²) in [6, 6.07) is 3.21. The van der Waals surface area contributed by atoms with E-state index in [0.29, 0.717) is 21.4 Å². The monoisotopic (exact) mass is 214 g/mol. The minimum atomic E-state index is 0.429. The molecule has 0 bridgehead atoms. The van der Waals surface area contributed by atoms with Crippen LogP contribution in [0.15, 0.2) is 17.0 Å². The fourth-order valence-electron chi connectivity index (χ4n) is 0.839. The number of nitrogens with two attached hydrogens (primary N) is 1. The van der Waals surface area contributed by atoms with Crippen LogP contribution in [0.25, 0.3) is 0 Å². The molecule has 13 heavy (non-hydrogen) atoms. The number of thiocyanates is 1. The Bertz CT molecular complexity index is 362. The highest BCUT2D eigenvalue weighted by Gasteiger charge is 2.07. The normalized spacial score (nSPS) is 9.31. The molecule has 0 spiro atoms. The van der Waals surface area contributed by atoms with E-state index < -0.39 is 0 Å². The fraction of sp³-hybridized carbons (Fsp3) is 0.125. The van der Waals surface area contributed by atoms with Gasteiger partial charge in [-0.2, -0.15) is 5.26 Å². The van der Waals surface area contributed by atoms with Crippen molar-refractivity contribution >= 4 is 29.1 Å². The van der Waals surface area contributed by atoms with Gasteiger partial charge in [0.25, 0.3) is 0 Å². The van der Waals surface area contributed by atoms with Gasteiger partial charge in [-0.15, -0.1) is 0 Å². The predicted molar refractivity (Wildman–Crippen MR) is 53.9 cm³/mol. The van der Waals surface area contributed by atoms with Crippen LogP contribution in [0.5, 0.6) is 5.75 Å². The SMILES string of the molecule is COc1cc(N)c(Cl)cc1SC#N. The highest BCUT2D eigenvalue weighted by molar-refractivity contribution is 8.03. The number of thioether (sulfide) groups is 1. The number of anilines is 1. The van der Waals surface area contributed by atoms with Crippen LogP contribution in [0.3, 0.4) is 0 Å². The maximum absolute atomic E-state index is 8.48. The summed E-state index contributed by atoms with van der Waals surface area (Å²) < 4.78 is 5.02. The quantitative estimate of drug-likeness (QED) is 0.467. The molecule has 0 aliphatic rings. The average molecular weight is 215 g/mol. The second-order valence-electron chi connectivity index (χ2n) is 2.22. The standard InChI is InChI=1S/C8H7ClN2OS/c1-12-7-3-6(11)5(9)2-8(7)13-4-10/h2-3H,11H2,1H3. The summed E-state index contributed by atoms with van der Waals surface area (Å²) >= 11 is 6.77. The van der Waals surface area contributed by atoms with Gasteiger partial charge in [-0.3, -0.25) is 0 Å². The van der Waals surface area contributed by atoms with Gasteiger partial charge in [0, 0.05) is 6.07 Å². The summed E-state index contributed by atoms with van der Waals surface area (Å²) in [7, 11) is 1.52. The molecule has 0 heterocycles. The summed E-state index contributed by atoms with van der Waals surface area (Å²) in [5, 5.41) is 10.9. The molecular weight excluding hydrogens is 208 g/mol. The first-order valence-electron chi connectivity index (χ1n) is 3.38. The van der Waals surface area contributed by atoms with Crippen LogP contribution in [0.1, 0.15) is 0 Å². The van der Waals surface area contributed by atoms with E-state index in [1.54, 1.807) is 12.1 Å². The lowest BCUT2D eigenvalue weighted by molar-refractivity contribution is 0.405. The van der Waals surface area contributed by atoms with E-state index in [1.165, 1.54) is 7.11 Å². The van der Waals surface area contributed by atoms with E-state index >= 15 is 0 Å². The third-order valence-electron chi connectivity index (χ3n) is 1.44. The molecule has 0 amide bonds. The van der Waals surface area contributed by atoms with Crippen LogP contribution < -0.4 is 10.5 Å². The van der Waals surface area contributed by atoms with Gasteiger partial charge < -0.3 is 10.5 Å². The van der Waals surface area contributed by atoms with E-state index in [1.807, 2.05) is 5.40 Å². The zero-order valence-corrected chi connectivity index (χ0v) is 8.45. The topological polar surface area (TPSA) is 59.0 Å². The lowest BCUT2D eigenvalue weighted by atomic mass is 10.3. The Kier molecular flexibility index (Phi) is 3.29. The number of hydrogen-bond donors (Lipinski definition) is 1. The van der Waals surface area contributed by atoms with Gasteiger partial charge in [0.1, 0.15) is 11.2 Å². The molecular formula is C8H7ClN2OS. The number of rotatable bonds is 2. The average Bonchev–Trinajstić information content (AvgIpc) is 2.11. The van der Waals surface area contributed by atoms with Crippen LogP contribution in [-0.4, -0.2) is 7.11 Å². The molecule has 0 aliphatic heterocycles. The second-order valence-corrected chi connectivity index (χ2v) is 3.45. The Morgan fingerprint density at radius 1 is 1.62 bits per heavy atom. The molecule has 0 aliphatic carbocycles. The second kappa shape index (κ2) is 4.26. The van der Waals surface area contributed by atoms with Crippen LogP contribution in [0.2, 0.25) is 5.02 Å². The molecule has 0 fully saturated rings. The first-order chi connectivity index (χ1) is 6.19. The number of hydrogen-bond acceptors (Lipinski definition) is 4. The third-order valence-corrected chi connectivity index (χ3v) is 2.40. The lowest BCUT2D eigenvalue weighted by Gasteiger charge is -2.06. The van der Waals surface area contributed by atoms with Gasteiger partial charge in [-0.1, -0.05) is 11.6 Å². The zero-order valence-electron chi connectivity index (χ0n) is 6.87. The third kappa shape index (κ3) is 2.20. The van der Waals surface area contributed by atoms with E-state index in [0.717, 1.165) is 11.8 Å². The largest absolute Gasteiger partial charge is 0.495 e. The maximum Gasteiger partial charge on any atom is 0.138 e. The molecule has 0 atom stereocenters. The lowest BCUT2D eigenvalue weighted by Crippen LogP contribution is -1.91. The smallest absolute Gasteiger partial charge is 0.138 e. The van der Waals surface area contributed by atoms with Crippen molar-refractivity contribution < 1.29 is 4.74 Å². The van der Waals surface area contributed by atoms with Crippen molar-refractivity contribution in [2.24, 2.45) is 0 Å². The Morgan fingerprint density at radius 2 is 2.31 bits per heavy atom. The molecule has 0 unspecified atom stereocenters. The molecule has 68 valence electrons. The highest BCUT2D eigenvalue weighted by atomic mass is 35.5. The van der Waals surface area contributed by atoms with Gasteiger partial charge in [-0.25, -0.2) is 0 Å². The van der Waals surface area contributed by atoms with Gasteiger partial charge in [-0.05, 0) is 17.8 Å². The van der Waals surface area contributed by atoms with Crippen LogP contribution in [0.4, 0.5) is 5.69 Å². The molecule has 2 N–H and O–H groups in total. The van der Waals surface area contributed by atoms with Crippen LogP contribution >= 0.6 is 23.4 Å². The maximum atomic E-state index is 8.48. The number of nitriles is 1. The van der Waals surface area contributed by atoms with Gasteiger partial charge in [0.15, 0.2) is 0 Å². The van der Waals surface area contributed by atoms with Gasteiger partial charge in [0.05, 0.1) is 22.7 Å². The van der Waals surface area contributed by atoms with Crippen molar-refractivity contribution in [2.75, 3.05) is 12.8 Å². The number of halogens is 1. The first kappa shape index (κ1) is 10.0. The van der Waals surface area contributed by atoms with E-state index in [4.69, 9.17) is 27.3 Å². The van der Waals surface area contributed by atoms with E-state index in [2.05, 4.69) is 0 Å². The van der Waals surface area contributed by atoms with Crippen molar-refractivity contribution in [1.29, 1.82) is 5.26 Å². The van der Waals surface area contributed by atoms with Crippen LogP contribution in [-0.2, 0) is 0 Å². The van der Waals surface area contributed by atoms with Gasteiger partial charge in [0.2, 0.25) is 0 Å². The number of nitrogens with zero attached hydrogens (tertiary/aromatic N) is 1. The Labute approximate surface area is 85.4 Å². The number of benzene rings is 1. The van der Waals surface area contributed by atoms with Crippen LogP contribution in [0, 0.1) is 10.7 Å². The summed E-state index contributed by atoms with van der Waals surface area (Å²) in [4.78, 5) is 0.671. The fourth-order valence-corrected chi connectivity index (χ4v) is 1.59. The van der Waals surface area contributed by atoms with Crippen molar-refractivity contribution in [1.82, 2.24) is 0 Å². The molecule has 3 nitrogen and oxygen atoms in total. The molecule has 1 rings (SSSR count). The Balaban J connectivity index is 3.18. The molecule has 5 heteroatoms.